The maximum Gasteiger partial charge on any atom is 0.173 e. The molecular formula is C13H17N3S. The van der Waals surface area contributed by atoms with Gasteiger partial charge >= 0.3 is 0 Å². The number of nitrogens with zero attached hydrogens (tertiary/aromatic N) is 2. The summed E-state index contributed by atoms with van der Waals surface area (Å²) in [6.07, 6.45) is 2.93. The van der Waals surface area contributed by atoms with E-state index in [1.54, 1.807) is 0 Å². The Labute approximate surface area is 108 Å². The summed E-state index contributed by atoms with van der Waals surface area (Å²) in [4.78, 5) is 6.59. The van der Waals surface area contributed by atoms with Gasteiger partial charge in [-0.2, -0.15) is 0 Å². The molecule has 17 heavy (non-hydrogen) atoms. The first-order valence-corrected chi connectivity index (χ1v) is 6.28. The lowest BCUT2D eigenvalue weighted by Gasteiger charge is -2.31. The van der Waals surface area contributed by atoms with E-state index in [0.29, 0.717) is 0 Å². The smallest absolute Gasteiger partial charge is 0.173 e. The van der Waals surface area contributed by atoms with Gasteiger partial charge in [0.05, 0.1) is 11.4 Å². The van der Waals surface area contributed by atoms with Crippen molar-refractivity contribution in [1.82, 2.24) is 5.32 Å². The molecule has 0 amide bonds. The minimum absolute atomic E-state index is 0.800. The molecular weight excluding hydrogens is 230 g/mol. The molecule has 4 heteroatoms. The van der Waals surface area contributed by atoms with Gasteiger partial charge in [0.2, 0.25) is 0 Å². The molecule has 3 nitrogen and oxygen atoms in total. The van der Waals surface area contributed by atoms with Crippen molar-refractivity contribution in [2.45, 2.75) is 20.3 Å². The second-order valence-corrected chi connectivity index (χ2v) is 4.45. The van der Waals surface area contributed by atoms with Crippen molar-refractivity contribution >= 4 is 34.9 Å². The SMILES string of the molecule is CC=Nc1c(C)cccc1N1CCCNC1=S. The third kappa shape index (κ3) is 2.47. The van der Waals surface area contributed by atoms with Crippen molar-refractivity contribution in [3.05, 3.63) is 23.8 Å². The molecule has 1 aromatic carbocycles. The highest BCUT2D eigenvalue weighted by molar-refractivity contribution is 7.80. The van der Waals surface area contributed by atoms with Crippen LogP contribution in [-0.2, 0) is 0 Å². The molecule has 0 atom stereocenters. The van der Waals surface area contributed by atoms with Crippen LogP contribution >= 0.6 is 12.2 Å². The fourth-order valence-corrected chi connectivity index (χ4v) is 2.31. The van der Waals surface area contributed by atoms with Crippen LogP contribution in [0.2, 0.25) is 0 Å². The van der Waals surface area contributed by atoms with Crippen molar-refractivity contribution < 1.29 is 0 Å². The highest BCUT2D eigenvalue weighted by atomic mass is 32.1. The van der Waals surface area contributed by atoms with Gasteiger partial charge in [-0.25, -0.2) is 0 Å². The van der Waals surface area contributed by atoms with Gasteiger partial charge in [0, 0.05) is 19.3 Å². The van der Waals surface area contributed by atoms with Gasteiger partial charge < -0.3 is 10.2 Å². The zero-order chi connectivity index (χ0) is 12.3. The normalized spacial score (nSPS) is 16.4. The number of hydrogen-bond donors (Lipinski definition) is 1. The molecule has 90 valence electrons. The monoisotopic (exact) mass is 247 g/mol. The van der Waals surface area contributed by atoms with E-state index >= 15 is 0 Å². The van der Waals surface area contributed by atoms with Crippen LogP contribution in [-0.4, -0.2) is 24.4 Å². The van der Waals surface area contributed by atoms with Crippen molar-refractivity contribution in [3.63, 3.8) is 0 Å². The number of anilines is 1. The average molecular weight is 247 g/mol. The maximum absolute atomic E-state index is 5.36. The summed E-state index contributed by atoms with van der Waals surface area (Å²) >= 11 is 5.36. The van der Waals surface area contributed by atoms with E-state index in [0.717, 1.165) is 36.0 Å². The van der Waals surface area contributed by atoms with E-state index in [2.05, 4.69) is 40.3 Å². The van der Waals surface area contributed by atoms with Gasteiger partial charge in [0.1, 0.15) is 0 Å². The molecule has 0 aromatic heterocycles. The molecule has 0 bridgehead atoms. The zero-order valence-corrected chi connectivity index (χ0v) is 11.0. The Balaban J connectivity index is 2.43. The number of hydrogen-bond acceptors (Lipinski definition) is 2. The molecule has 1 aromatic rings. The first-order valence-electron chi connectivity index (χ1n) is 5.87. The molecule has 0 saturated carbocycles. The fraction of sp³-hybridized carbons (Fsp3) is 0.385. The predicted octanol–water partition coefficient (Wildman–Crippen LogP) is 2.80. The van der Waals surface area contributed by atoms with E-state index < -0.39 is 0 Å². The van der Waals surface area contributed by atoms with Gasteiger partial charge in [0.25, 0.3) is 0 Å². The third-order valence-electron chi connectivity index (χ3n) is 2.85. The molecule has 0 radical (unpaired) electrons. The minimum atomic E-state index is 0.800. The summed E-state index contributed by atoms with van der Waals surface area (Å²) in [5.74, 6) is 0. The third-order valence-corrected chi connectivity index (χ3v) is 3.21. The van der Waals surface area contributed by atoms with Gasteiger partial charge in [-0.3, -0.25) is 4.99 Å². The number of aliphatic imine (C=N–C) groups is 1. The number of para-hydroxylation sites is 1. The Hall–Kier alpha value is -1.42. The molecule has 1 N–H and O–H groups in total. The maximum atomic E-state index is 5.36. The predicted molar refractivity (Wildman–Crippen MR) is 77.6 cm³/mol. The van der Waals surface area contributed by atoms with E-state index in [4.69, 9.17) is 12.2 Å². The fourth-order valence-electron chi connectivity index (χ4n) is 2.02. The zero-order valence-electron chi connectivity index (χ0n) is 10.2. The summed E-state index contributed by atoms with van der Waals surface area (Å²) < 4.78 is 0. The Morgan fingerprint density at radius 1 is 1.47 bits per heavy atom. The van der Waals surface area contributed by atoms with E-state index in [9.17, 15) is 0 Å². The van der Waals surface area contributed by atoms with Gasteiger partial charge in [-0.15, -0.1) is 0 Å². The molecule has 0 spiro atoms. The summed E-state index contributed by atoms with van der Waals surface area (Å²) in [7, 11) is 0. The van der Waals surface area contributed by atoms with Crippen LogP contribution in [0.3, 0.4) is 0 Å². The molecule has 1 saturated heterocycles. The molecule has 1 aliphatic rings. The van der Waals surface area contributed by atoms with E-state index in [1.165, 1.54) is 5.56 Å². The summed E-state index contributed by atoms with van der Waals surface area (Å²) in [5.41, 5.74) is 3.29. The lowest BCUT2D eigenvalue weighted by molar-refractivity contribution is 0.723. The molecule has 2 rings (SSSR count). The Bertz CT molecular complexity index is 454. The number of nitrogens with one attached hydrogen (secondary N) is 1. The summed E-state index contributed by atoms with van der Waals surface area (Å²) in [5, 5.41) is 4.03. The summed E-state index contributed by atoms with van der Waals surface area (Å²) in [6.45, 7) is 5.93. The van der Waals surface area contributed by atoms with Crippen LogP contribution in [0.5, 0.6) is 0 Å². The van der Waals surface area contributed by atoms with Crippen LogP contribution in [0.15, 0.2) is 23.2 Å². The minimum Gasteiger partial charge on any atom is -0.362 e. The first-order chi connectivity index (χ1) is 8.24. The number of rotatable bonds is 2. The van der Waals surface area contributed by atoms with Crippen LogP contribution in [0, 0.1) is 6.92 Å². The average Bonchev–Trinajstić information content (AvgIpc) is 2.33. The first kappa shape index (κ1) is 12.0. The van der Waals surface area contributed by atoms with E-state index in [1.807, 2.05) is 13.1 Å². The lowest BCUT2D eigenvalue weighted by Crippen LogP contribution is -2.46. The van der Waals surface area contributed by atoms with Crippen molar-refractivity contribution in [1.29, 1.82) is 0 Å². The standard InChI is InChI=1S/C13H17N3S/c1-3-14-12-10(2)6-4-7-11(12)16-9-5-8-15-13(16)17/h3-4,6-7H,5,8-9H2,1-2H3,(H,15,17). The molecule has 1 aliphatic heterocycles. The van der Waals surface area contributed by atoms with Crippen molar-refractivity contribution in [2.75, 3.05) is 18.0 Å². The molecule has 0 aliphatic carbocycles. The largest absolute Gasteiger partial charge is 0.362 e. The van der Waals surface area contributed by atoms with Crippen molar-refractivity contribution in [2.24, 2.45) is 4.99 Å². The Morgan fingerprint density at radius 3 is 3.00 bits per heavy atom. The molecule has 0 unspecified atom stereocenters. The van der Waals surface area contributed by atoms with Crippen LogP contribution in [0.4, 0.5) is 11.4 Å². The quantitative estimate of drug-likeness (QED) is 0.643. The van der Waals surface area contributed by atoms with Crippen LogP contribution in [0.1, 0.15) is 18.9 Å². The van der Waals surface area contributed by atoms with Gasteiger partial charge in [-0.1, -0.05) is 12.1 Å². The van der Waals surface area contributed by atoms with Crippen LogP contribution in [0.25, 0.3) is 0 Å². The lowest BCUT2D eigenvalue weighted by atomic mass is 10.1. The van der Waals surface area contributed by atoms with E-state index in [-0.39, 0.29) is 0 Å². The molecule has 1 heterocycles. The second kappa shape index (κ2) is 5.27. The van der Waals surface area contributed by atoms with Crippen molar-refractivity contribution in [3.8, 4) is 0 Å². The molecule has 1 fully saturated rings. The van der Waals surface area contributed by atoms with Gasteiger partial charge in [-0.05, 0) is 44.1 Å². The highest BCUT2D eigenvalue weighted by Gasteiger charge is 2.19. The number of benzene rings is 1. The summed E-state index contributed by atoms with van der Waals surface area (Å²) in [6, 6.07) is 6.21. The van der Waals surface area contributed by atoms with Crippen LogP contribution < -0.4 is 10.2 Å². The topological polar surface area (TPSA) is 27.6 Å². The number of aryl methyl sites for hydroxylation is 1. The Morgan fingerprint density at radius 2 is 2.29 bits per heavy atom. The number of thiocarbonyl (C=S) groups is 1. The van der Waals surface area contributed by atoms with Gasteiger partial charge in [0.15, 0.2) is 5.11 Å². The Kier molecular flexibility index (Phi) is 3.74. The highest BCUT2D eigenvalue weighted by Crippen LogP contribution is 2.32. The second-order valence-electron chi connectivity index (χ2n) is 4.07.